The van der Waals surface area contributed by atoms with Crippen LogP contribution in [0.25, 0.3) is 10.6 Å². The monoisotopic (exact) mass is 437 g/mol. The van der Waals surface area contributed by atoms with Crippen molar-refractivity contribution < 1.29 is 17.9 Å². The predicted molar refractivity (Wildman–Crippen MR) is 112 cm³/mol. The number of ether oxygens (including phenoxy) is 1. The summed E-state index contributed by atoms with van der Waals surface area (Å²) in [5.74, 6) is -0.129. The summed E-state index contributed by atoms with van der Waals surface area (Å²) in [5, 5.41) is 7.46. The van der Waals surface area contributed by atoms with E-state index >= 15 is 0 Å². The molecule has 0 unspecified atom stereocenters. The van der Waals surface area contributed by atoms with E-state index in [0.717, 1.165) is 14.9 Å². The van der Waals surface area contributed by atoms with Crippen molar-refractivity contribution >= 4 is 44.3 Å². The van der Waals surface area contributed by atoms with Gasteiger partial charge in [0, 0.05) is 30.7 Å². The lowest BCUT2D eigenvalue weighted by atomic mass is 10.3. The maximum absolute atomic E-state index is 12.7. The minimum Gasteiger partial charge on any atom is -0.495 e. The normalized spacial score (nSPS) is 11.6. The molecule has 1 N–H and O–H groups in total. The molecule has 0 aliphatic carbocycles. The van der Waals surface area contributed by atoms with Crippen molar-refractivity contribution in [1.29, 1.82) is 0 Å². The lowest BCUT2D eigenvalue weighted by molar-refractivity contribution is 0.102. The van der Waals surface area contributed by atoms with E-state index in [2.05, 4.69) is 10.3 Å². The van der Waals surface area contributed by atoms with E-state index in [1.54, 1.807) is 24.3 Å². The Labute approximate surface area is 171 Å². The number of benzene rings is 1. The van der Waals surface area contributed by atoms with Crippen LogP contribution in [0.1, 0.15) is 15.4 Å². The van der Waals surface area contributed by atoms with Crippen LogP contribution in [-0.4, -0.2) is 44.8 Å². The molecule has 1 aromatic carbocycles. The number of nitrogens with one attached hydrogen (secondary N) is 1. The highest BCUT2D eigenvalue weighted by molar-refractivity contribution is 7.89. The van der Waals surface area contributed by atoms with E-state index in [4.69, 9.17) is 4.74 Å². The van der Waals surface area contributed by atoms with Crippen molar-refractivity contribution in [2.24, 2.45) is 0 Å². The molecule has 0 saturated carbocycles. The van der Waals surface area contributed by atoms with Crippen molar-refractivity contribution in [1.82, 2.24) is 9.29 Å². The molecule has 0 saturated heterocycles. The fourth-order valence-corrected chi connectivity index (χ4v) is 5.21. The van der Waals surface area contributed by atoms with E-state index < -0.39 is 10.0 Å². The Morgan fingerprint density at radius 3 is 2.61 bits per heavy atom. The molecule has 2 aromatic heterocycles. The van der Waals surface area contributed by atoms with Gasteiger partial charge in [-0.3, -0.25) is 4.79 Å². The fourth-order valence-electron chi connectivity index (χ4n) is 2.46. The molecule has 0 atom stereocenters. The highest BCUT2D eigenvalue weighted by Crippen LogP contribution is 2.31. The number of aryl methyl sites for hydroxylation is 1. The zero-order chi connectivity index (χ0) is 20.5. The standard InChI is InChI=1S/C18H19N3O4S3/c1-11-16(27-18(19-11)12-7-8-26-10-12)17(22)20-13-5-6-14(25-4)15(9-13)28(23,24)21(2)3/h5-10H,1-4H3,(H,20,22). The molecule has 0 aliphatic rings. The molecule has 3 rings (SSSR count). The van der Waals surface area contributed by atoms with Gasteiger partial charge in [0.15, 0.2) is 0 Å². The first-order valence-corrected chi connectivity index (χ1v) is 11.4. The van der Waals surface area contributed by atoms with Gasteiger partial charge in [0.2, 0.25) is 10.0 Å². The molecule has 0 bridgehead atoms. The van der Waals surface area contributed by atoms with Gasteiger partial charge in [-0.25, -0.2) is 17.7 Å². The third-order valence-electron chi connectivity index (χ3n) is 3.95. The van der Waals surface area contributed by atoms with E-state index in [-0.39, 0.29) is 16.6 Å². The Kier molecular flexibility index (Phi) is 5.84. The number of anilines is 1. The lowest BCUT2D eigenvalue weighted by Gasteiger charge is -2.15. The lowest BCUT2D eigenvalue weighted by Crippen LogP contribution is -2.23. The van der Waals surface area contributed by atoms with Crippen LogP contribution in [0.2, 0.25) is 0 Å². The molecule has 0 spiro atoms. The molecule has 0 fully saturated rings. The second kappa shape index (κ2) is 8.00. The Balaban J connectivity index is 1.91. The minimum absolute atomic E-state index is 0.0159. The quantitative estimate of drug-likeness (QED) is 0.635. The maximum atomic E-state index is 12.7. The number of carbonyl (C=O) groups is 1. The van der Waals surface area contributed by atoms with Gasteiger partial charge >= 0.3 is 0 Å². The van der Waals surface area contributed by atoms with Crippen molar-refractivity contribution in [3.63, 3.8) is 0 Å². The summed E-state index contributed by atoms with van der Waals surface area (Å²) in [6.45, 7) is 1.78. The summed E-state index contributed by atoms with van der Waals surface area (Å²) in [7, 11) is 0.544. The Morgan fingerprint density at radius 2 is 2.00 bits per heavy atom. The molecule has 3 aromatic rings. The number of amides is 1. The van der Waals surface area contributed by atoms with Gasteiger partial charge in [-0.15, -0.1) is 11.3 Å². The Morgan fingerprint density at radius 1 is 1.25 bits per heavy atom. The largest absolute Gasteiger partial charge is 0.495 e. The molecule has 0 radical (unpaired) electrons. The number of aromatic nitrogens is 1. The second-order valence-corrected chi connectivity index (χ2v) is 9.95. The molecule has 1 amide bonds. The third kappa shape index (κ3) is 3.95. The number of hydrogen-bond acceptors (Lipinski definition) is 7. The van der Waals surface area contributed by atoms with E-state index in [1.165, 1.54) is 44.7 Å². The SMILES string of the molecule is COc1ccc(NC(=O)c2sc(-c3ccsc3)nc2C)cc1S(=O)(=O)N(C)C. The molecular weight excluding hydrogens is 418 g/mol. The molecule has 10 heteroatoms. The van der Waals surface area contributed by atoms with E-state index in [9.17, 15) is 13.2 Å². The van der Waals surface area contributed by atoms with Crippen molar-refractivity contribution in [2.75, 3.05) is 26.5 Å². The molecule has 2 heterocycles. The van der Waals surface area contributed by atoms with Crippen LogP contribution in [0, 0.1) is 6.92 Å². The summed E-state index contributed by atoms with van der Waals surface area (Å²) in [5.41, 5.74) is 1.95. The zero-order valence-electron chi connectivity index (χ0n) is 15.7. The van der Waals surface area contributed by atoms with Gasteiger partial charge in [-0.05, 0) is 36.6 Å². The number of nitrogens with zero attached hydrogens (tertiary/aromatic N) is 2. The number of hydrogen-bond donors (Lipinski definition) is 1. The van der Waals surface area contributed by atoms with Crippen LogP contribution in [0.3, 0.4) is 0 Å². The van der Waals surface area contributed by atoms with Crippen LogP contribution < -0.4 is 10.1 Å². The molecule has 148 valence electrons. The summed E-state index contributed by atoms with van der Waals surface area (Å²) in [4.78, 5) is 17.7. The molecule has 7 nitrogen and oxygen atoms in total. The summed E-state index contributed by atoms with van der Waals surface area (Å²) in [6, 6.07) is 6.46. The molecule has 28 heavy (non-hydrogen) atoms. The number of thiophene rings is 1. The predicted octanol–water partition coefficient (Wildman–Crippen LogP) is 3.69. The van der Waals surface area contributed by atoms with E-state index in [1.807, 2.05) is 16.8 Å². The van der Waals surface area contributed by atoms with Crippen molar-refractivity contribution in [2.45, 2.75) is 11.8 Å². The second-order valence-electron chi connectivity index (χ2n) is 6.05. The number of thiazole rings is 1. The first-order valence-electron chi connectivity index (χ1n) is 8.16. The van der Waals surface area contributed by atoms with Gasteiger partial charge in [0.1, 0.15) is 20.5 Å². The first-order chi connectivity index (χ1) is 13.2. The average Bonchev–Trinajstić information content (AvgIpc) is 3.31. The van der Waals surface area contributed by atoms with Gasteiger partial charge in [-0.1, -0.05) is 0 Å². The first kappa shape index (κ1) is 20.5. The molecule has 0 aliphatic heterocycles. The Hall–Kier alpha value is -2.27. The highest BCUT2D eigenvalue weighted by atomic mass is 32.2. The Bertz CT molecular complexity index is 1100. The van der Waals surface area contributed by atoms with Crippen LogP contribution >= 0.6 is 22.7 Å². The van der Waals surface area contributed by atoms with Gasteiger partial charge in [0.05, 0.1) is 12.8 Å². The summed E-state index contributed by atoms with van der Waals surface area (Å²) in [6.07, 6.45) is 0. The van der Waals surface area contributed by atoms with Crippen molar-refractivity contribution in [3.05, 3.63) is 45.6 Å². The number of carbonyl (C=O) groups excluding carboxylic acids is 1. The highest BCUT2D eigenvalue weighted by Gasteiger charge is 2.24. The van der Waals surface area contributed by atoms with Gasteiger partial charge < -0.3 is 10.1 Å². The van der Waals surface area contributed by atoms with Crippen LogP contribution in [0.15, 0.2) is 39.9 Å². The van der Waals surface area contributed by atoms with Crippen molar-refractivity contribution in [3.8, 4) is 16.3 Å². The smallest absolute Gasteiger partial charge is 0.267 e. The van der Waals surface area contributed by atoms with Crippen LogP contribution in [0.5, 0.6) is 5.75 Å². The van der Waals surface area contributed by atoms with Gasteiger partial charge in [-0.2, -0.15) is 11.3 Å². The average molecular weight is 438 g/mol. The maximum Gasteiger partial charge on any atom is 0.267 e. The van der Waals surface area contributed by atoms with Gasteiger partial charge in [0.25, 0.3) is 5.91 Å². The van der Waals surface area contributed by atoms with Crippen LogP contribution in [0.4, 0.5) is 5.69 Å². The zero-order valence-corrected chi connectivity index (χ0v) is 18.2. The summed E-state index contributed by atoms with van der Waals surface area (Å²) >= 11 is 2.86. The number of methoxy groups -OCH3 is 1. The number of rotatable bonds is 6. The summed E-state index contributed by atoms with van der Waals surface area (Å²) < 4.78 is 31.3. The molecular formula is C18H19N3O4S3. The van der Waals surface area contributed by atoms with Crippen LogP contribution in [-0.2, 0) is 10.0 Å². The number of sulfonamides is 1. The topological polar surface area (TPSA) is 88.6 Å². The fraction of sp³-hybridized carbons (Fsp3) is 0.222. The third-order valence-corrected chi connectivity index (χ3v) is 7.68. The minimum atomic E-state index is -3.73. The van der Waals surface area contributed by atoms with E-state index in [0.29, 0.717) is 16.3 Å².